The van der Waals surface area contributed by atoms with Crippen molar-refractivity contribution in [2.45, 2.75) is 38.9 Å². The van der Waals surface area contributed by atoms with E-state index in [0.717, 1.165) is 5.46 Å². The van der Waals surface area contributed by atoms with Crippen LogP contribution in [0.3, 0.4) is 0 Å². The molecular formula is C12H16BCl2O2. The Morgan fingerprint density at radius 3 is 2.24 bits per heavy atom. The van der Waals surface area contributed by atoms with Gasteiger partial charge in [0.25, 0.3) is 0 Å². The minimum Gasteiger partial charge on any atom is -0.427 e. The number of hydrogen-bond acceptors (Lipinski definition) is 2. The normalized spacial score (nSPS) is 12.6. The first-order valence-corrected chi connectivity index (χ1v) is 6.07. The molecule has 0 aromatic heterocycles. The van der Waals surface area contributed by atoms with E-state index < -0.39 is 11.2 Å². The topological polar surface area (TPSA) is 29.5 Å². The van der Waals surface area contributed by atoms with Crippen LogP contribution in [0.2, 0.25) is 10.0 Å². The third-order valence-corrected chi connectivity index (χ3v) is 3.48. The summed E-state index contributed by atoms with van der Waals surface area (Å²) in [7, 11) is 1.54. The lowest BCUT2D eigenvalue weighted by molar-refractivity contribution is -0.0893. The van der Waals surface area contributed by atoms with E-state index in [2.05, 4.69) is 0 Å². The molecule has 0 fully saturated rings. The summed E-state index contributed by atoms with van der Waals surface area (Å²) in [5, 5.41) is 11.0. The van der Waals surface area contributed by atoms with E-state index in [1.807, 2.05) is 13.8 Å². The second-order valence-corrected chi connectivity index (χ2v) is 5.81. The van der Waals surface area contributed by atoms with Gasteiger partial charge >= 0.3 is 7.48 Å². The fourth-order valence-electron chi connectivity index (χ4n) is 0.952. The van der Waals surface area contributed by atoms with Crippen LogP contribution in [0.25, 0.3) is 0 Å². The molecule has 1 rings (SSSR count). The van der Waals surface area contributed by atoms with Crippen LogP contribution in [-0.2, 0) is 4.65 Å². The Balaban J connectivity index is 2.74. The maximum absolute atomic E-state index is 9.94. The lowest BCUT2D eigenvalue weighted by atomic mass is 9.82. The SMILES string of the molecule is CC(C)(O)C(C)(C)O[B]c1ccc(Cl)cc1Cl. The van der Waals surface area contributed by atoms with Crippen molar-refractivity contribution in [1.82, 2.24) is 0 Å². The van der Waals surface area contributed by atoms with Gasteiger partial charge in [-0.2, -0.15) is 0 Å². The summed E-state index contributed by atoms with van der Waals surface area (Å²) in [5.74, 6) is 0. The van der Waals surface area contributed by atoms with Crippen molar-refractivity contribution in [1.29, 1.82) is 0 Å². The quantitative estimate of drug-likeness (QED) is 0.855. The van der Waals surface area contributed by atoms with E-state index >= 15 is 0 Å². The van der Waals surface area contributed by atoms with E-state index in [1.54, 1.807) is 32.0 Å². The highest BCUT2D eigenvalue weighted by Gasteiger charge is 2.35. The molecule has 0 unspecified atom stereocenters. The number of benzene rings is 1. The van der Waals surface area contributed by atoms with Crippen LogP contribution < -0.4 is 5.46 Å². The van der Waals surface area contributed by atoms with Gasteiger partial charge in [0.1, 0.15) is 0 Å². The highest BCUT2D eigenvalue weighted by molar-refractivity contribution is 6.54. The van der Waals surface area contributed by atoms with Crippen molar-refractivity contribution in [3.63, 3.8) is 0 Å². The molecule has 0 saturated heterocycles. The van der Waals surface area contributed by atoms with E-state index in [0.29, 0.717) is 10.0 Å². The predicted molar refractivity (Wildman–Crippen MR) is 73.3 cm³/mol. The molecule has 2 nitrogen and oxygen atoms in total. The van der Waals surface area contributed by atoms with Gasteiger partial charge in [0.2, 0.25) is 0 Å². The summed E-state index contributed by atoms with van der Waals surface area (Å²) in [4.78, 5) is 0. The second-order valence-electron chi connectivity index (χ2n) is 4.97. The first-order valence-electron chi connectivity index (χ1n) is 5.32. The van der Waals surface area contributed by atoms with Gasteiger partial charge < -0.3 is 9.76 Å². The van der Waals surface area contributed by atoms with E-state index in [4.69, 9.17) is 27.9 Å². The zero-order valence-electron chi connectivity index (χ0n) is 10.4. The molecule has 0 atom stereocenters. The molecule has 1 N–H and O–H groups in total. The molecular weight excluding hydrogens is 258 g/mol. The zero-order valence-corrected chi connectivity index (χ0v) is 11.9. The Kier molecular flexibility index (Phi) is 4.53. The van der Waals surface area contributed by atoms with Gasteiger partial charge in [0.05, 0.1) is 11.2 Å². The Morgan fingerprint density at radius 2 is 1.76 bits per heavy atom. The van der Waals surface area contributed by atoms with Crippen molar-refractivity contribution < 1.29 is 9.76 Å². The highest BCUT2D eigenvalue weighted by Crippen LogP contribution is 2.24. The van der Waals surface area contributed by atoms with Crippen LogP contribution in [0.15, 0.2) is 18.2 Å². The van der Waals surface area contributed by atoms with Gasteiger partial charge in [-0.15, -0.1) is 0 Å². The third-order valence-electron chi connectivity index (χ3n) is 2.92. The molecule has 0 spiro atoms. The molecule has 0 bridgehead atoms. The summed E-state index contributed by atoms with van der Waals surface area (Å²) in [6.07, 6.45) is 0. The standard InChI is InChI=1S/C12H16BCl2O2/c1-11(2,16)12(3,4)17-13-9-6-5-8(14)7-10(9)15/h5-7,16H,1-4H3. The number of halogens is 2. The van der Waals surface area contributed by atoms with Crippen LogP contribution in [-0.4, -0.2) is 23.8 Å². The number of rotatable bonds is 4. The Labute approximate surface area is 113 Å². The van der Waals surface area contributed by atoms with Gasteiger partial charge in [0.15, 0.2) is 0 Å². The van der Waals surface area contributed by atoms with Crippen LogP contribution >= 0.6 is 23.2 Å². The maximum atomic E-state index is 9.94. The fraction of sp³-hybridized carbons (Fsp3) is 0.500. The summed E-state index contributed by atoms with van der Waals surface area (Å²) in [5.41, 5.74) is -0.938. The third kappa shape index (κ3) is 3.89. The van der Waals surface area contributed by atoms with Gasteiger partial charge in [-0.1, -0.05) is 29.3 Å². The zero-order chi connectivity index (χ0) is 13.3. The van der Waals surface area contributed by atoms with E-state index in [9.17, 15) is 5.11 Å². The Bertz CT molecular complexity index is 400. The number of hydrogen-bond donors (Lipinski definition) is 1. The number of aliphatic hydroxyl groups is 1. The molecule has 1 radical (unpaired) electrons. The van der Waals surface area contributed by atoms with E-state index in [-0.39, 0.29) is 0 Å². The highest BCUT2D eigenvalue weighted by atomic mass is 35.5. The van der Waals surface area contributed by atoms with Crippen LogP contribution in [0.1, 0.15) is 27.7 Å². The van der Waals surface area contributed by atoms with Gasteiger partial charge in [-0.25, -0.2) is 0 Å². The molecule has 1 aromatic carbocycles. The predicted octanol–water partition coefficient (Wildman–Crippen LogP) is 2.80. The first kappa shape index (κ1) is 14.8. The molecule has 1 aromatic rings. The van der Waals surface area contributed by atoms with Crippen LogP contribution in [0.4, 0.5) is 0 Å². The largest absolute Gasteiger partial charge is 0.427 e. The maximum Gasteiger partial charge on any atom is 0.332 e. The Morgan fingerprint density at radius 1 is 1.18 bits per heavy atom. The molecule has 17 heavy (non-hydrogen) atoms. The Hall–Kier alpha value is -0.215. The molecule has 0 aliphatic heterocycles. The van der Waals surface area contributed by atoms with Crippen molar-refractivity contribution in [2.75, 3.05) is 0 Å². The molecule has 0 saturated carbocycles. The average Bonchev–Trinajstić information content (AvgIpc) is 2.14. The van der Waals surface area contributed by atoms with Gasteiger partial charge in [-0.3, -0.25) is 0 Å². The van der Waals surface area contributed by atoms with Crippen molar-refractivity contribution in [3.8, 4) is 0 Å². The lowest BCUT2D eigenvalue weighted by Gasteiger charge is -2.37. The first-order chi connectivity index (χ1) is 7.63. The van der Waals surface area contributed by atoms with Crippen molar-refractivity contribution in [2.24, 2.45) is 0 Å². The van der Waals surface area contributed by atoms with Gasteiger partial charge in [0, 0.05) is 10.0 Å². The summed E-state index contributed by atoms with van der Waals surface area (Å²) < 4.78 is 5.60. The molecule has 0 aliphatic carbocycles. The monoisotopic (exact) mass is 273 g/mol. The summed E-state index contributed by atoms with van der Waals surface area (Å²) in [6, 6.07) is 5.15. The molecule has 0 heterocycles. The van der Waals surface area contributed by atoms with Crippen molar-refractivity contribution >= 4 is 36.1 Å². The minimum absolute atomic E-state index is 0.518. The second kappa shape index (κ2) is 5.19. The van der Waals surface area contributed by atoms with Crippen LogP contribution in [0, 0.1) is 0 Å². The summed E-state index contributed by atoms with van der Waals surface area (Å²) >= 11 is 11.8. The molecule has 5 heteroatoms. The lowest BCUT2D eigenvalue weighted by Crippen LogP contribution is -2.49. The summed E-state index contributed by atoms with van der Waals surface area (Å²) in [6.45, 7) is 7.02. The average molecular weight is 274 g/mol. The smallest absolute Gasteiger partial charge is 0.332 e. The van der Waals surface area contributed by atoms with Crippen molar-refractivity contribution in [3.05, 3.63) is 28.2 Å². The van der Waals surface area contributed by atoms with E-state index in [1.165, 1.54) is 7.48 Å². The minimum atomic E-state index is -0.956. The molecule has 0 aliphatic rings. The molecule has 0 amide bonds. The van der Waals surface area contributed by atoms with Gasteiger partial charge in [-0.05, 0) is 45.3 Å². The molecule has 93 valence electrons. The van der Waals surface area contributed by atoms with Crippen LogP contribution in [0.5, 0.6) is 0 Å². The fourth-order valence-corrected chi connectivity index (χ4v) is 1.41.